The molecule has 132 valence electrons. The van der Waals surface area contributed by atoms with Gasteiger partial charge in [0.05, 0.1) is 9.77 Å². The lowest BCUT2D eigenvalue weighted by molar-refractivity contribution is -0.123. The van der Waals surface area contributed by atoms with E-state index in [9.17, 15) is 22.4 Å². The van der Waals surface area contributed by atoms with Gasteiger partial charge in [-0.1, -0.05) is 6.07 Å². The van der Waals surface area contributed by atoms with Gasteiger partial charge < -0.3 is 4.90 Å². The molecule has 1 aromatic carbocycles. The predicted molar refractivity (Wildman–Crippen MR) is 90.1 cm³/mol. The lowest BCUT2D eigenvalue weighted by atomic mass is 10.2. The normalized spacial score (nSPS) is 17.5. The average molecular weight is 382 g/mol. The first kappa shape index (κ1) is 17.6. The van der Waals surface area contributed by atoms with Crippen molar-refractivity contribution in [1.82, 2.24) is 9.62 Å². The fourth-order valence-electron chi connectivity index (χ4n) is 2.70. The lowest BCUT2D eigenvalue weighted by Gasteiger charge is -2.23. The zero-order valence-corrected chi connectivity index (χ0v) is 14.6. The maximum atomic E-state index is 12.9. The van der Waals surface area contributed by atoms with Gasteiger partial charge in [-0.05, 0) is 48.6 Å². The highest BCUT2D eigenvalue weighted by atomic mass is 32.2. The summed E-state index contributed by atoms with van der Waals surface area (Å²) in [5.41, 5.74) is 0. The lowest BCUT2D eigenvalue weighted by Crippen LogP contribution is -2.47. The Morgan fingerprint density at radius 3 is 2.56 bits per heavy atom. The number of amides is 2. The summed E-state index contributed by atoms with van der Waals surface area (Å²) in [5, 5.41) is 1.76. The van der Waals surface area contributed by atoms with Gasteiger partial charge in [0, 0.05) is 6.54 Å². The van der Waals surface area contributed by atoms with Crippen LogP contribution < -0.4 is 4.72 Å². The molecule has 2 amide bonds. The first-order valence-corrected chi connectivity index (χ1v) is 9.91. The van der Waals surface area contributed by atoms with Gasteiger partial charge in [-0.25, -0.2) is 17.5 Å². The predicted octanol–water partition coefficient (Wildman–Crippen LogP) is 2.00. The standard InChI is InChI=1S/C16H15FN2O4S2/c17-11-5-7-12(8-6-11)25(22,23)18-15(20)13-3-1-9-19(13)16(21)14-4-2-10-24-14/h2,4-8,10,13H,1,3,9H2,(H,18,20). The second kappa shape index (κ2) is 6.93. The zero-order chi connectivity index (χ0) is 18.0. The smallest absolute Gasteiger partial charge is 0.264 e. The van der Waals surface area contributed by atoms with E-state index in [-0.39, 0.29) is 10.8 Å². The van der Waals surface area contributed by atoms with Crippen molar-refractivity contribution in [2.45, 2.75) is 23.8 Å². The highest BCUT2D eigenvalue weighted by Gasteiger charge is 2.36. The average Bonchev–Trinajstić information content (AvgIpc) is 3.26. The molecular formula is C16H15FN2O4S2. The Labute approximate surface area is 148 Å². The van der Waals surface area contributed by atoms with Crippen molar-refractivity contribution in [3.8, 4) is 0 Å². The summed E-state index contributed by atoms with van der Waals surface area (Å²) in [7, 11) is -4.12. The molecule has 1 saturated heterocycles. The van der Waals surface area contributed by atoms with Crippen LogP contribution in [0.25, 0.3) is 0 Å². The molecule has 1 atom stereocenters. The molecule has 0 spiro atoms. The molecule has 1 N–H and O–H groups in total. The molecule has 3 rings (SSSR count). The van der Waals surface area contributed by atoms with Gasteiger partial charge in [0.2, 0.25) is 0 Å². The number of sulfonamides is 1. The number of hydrogen-bond donors (Lipinski definition) is 1. The number of nitrogens with one attached hydrogen (secondary N) is 1. The number of nitrogens with zero attached hydrogens (tertiary/aromatic N) is 1. The van der Waals surface area contributed by atoms with E-state index in [2.05, 4.69) is 0 Å². The second-order valence-corrected chi connectivity index (χ2v) is 8.19. The van der Waals surface area contributed by atoms with Crippen LogP contribution in [0.15, 0.2) is 46.7 Å². The summed E-state index contributed by atoms with van der Waals surface area (Å²) in [4.78, 5) is 26.6. The van der Waals surface area contributed by atoms with Crippen LogP contribution in [-0.4, -0.2) is 37.7 Å². The third-order valence-electron chi connectivity index (χ3n) is 3.91. The first-order chi connectivity index (χ1) is 11.9. The maximum Gasteiger partial charge on any atom is 0.264 e. The van der Waals surface area contributed by atoms with E-state index in [1.54, 1.807) is 17.5 Å². The van der Waals surface area contributed by atoms with Crippen molar-refractivity contribution in [3.05, 3.63) is 52.5 Å². The minimum Gasteiger partial charge on any atom is -0.326 e. The SMILES string of the molecule is O=C(NS(=O)(=O)c1ccc(F)cc1)C1CCCN1C(=O)c1cccs1. The van der Waals surface area contributed by atoms with E-state index in [0.717, 1.165) is 24.3 Å². The Morgan fingerprint density at radius 2 is 1.92 bits per heavy atom. The van der Waals surface area contributed by atoms with Gasteiger partial charge >= 0.3 is 0 Å². The Morgan fingerprint density at radius 1 is 1.20 bits per heavy atom. The van der Waals surface area contributed by atoms with Gasteiger partial charge in [-0.15, -0.1) is 11.3 Å². The van der Waals surface area contributed by atoms with Crippen molar-refractivity contribution in [1.29, 1.82) is 0 Å². The highest BCUT2D eigenvalue weighted by Crippen LogP contribution is 2.23. The third-order valence-corrected chi connectivity index (χ3v) is 6.13. The minimum atomic E-state index is -4.12. The second-order valence-electron chi connectivity index (χ2n) is 5.56. The number of rotatable bonds is 4. The monoisotopic (exact) mass is 382 g/mol. The van der Waals surface area contributed by atoms with Crippen molar-refractivity contribution in [2.24, 2.45) is 0 Å². The van der Waals surface area contributed by atoms with Crippen molar-refractivity contribution in [3.63, 3.8) is 0 Å². The number of carbonyl (C=O) groups is 2. The summed E-state index contributed by atoms with van der Waals surface area (Å²) in [6.07, 6.45) is 1.01. The molecule has 1 fully saturated rings. The summed E-state index contributed by atoms with van der Waals surface area (Å²) in [6.45, 7) is 0.394. The van der Waals surface area contributed by atoms with Gasteiger partial charge in [-0.2, -0.15) is 0 Å². The summed E-state index contributed by atoms with van der Waals surface area (Å²) >= 11 is 1.27. The van der Waals surface area contributed by atoms with Gasteiger partial charge in [0.1, 0.15) is 11.9 Å². The van der Waals surface area contributed by atoms with Crippen LogP contribution in [0.4, 0.5) is 4.39 Å². The molecule has 1 aromatic heterocycles. The molecule has 1 aliphatic rings. The Balaban J connectivity index is 1.75. The summed E-state index contributed by atoms with van der Waals surface area (Å²) in [5.74, 6) is -1.62. The van der Waals surface area contributed by atoms with E-state index in [1.165, 1.54) is 16.2 Å². The first-order valence-electron chi connectivity index (χ1n) is 7.55. The van der Waals surface area contributed by atoms with E-state index < -0.39 is 27.8 Å². The third kappa shape index (κ3) is 3.72. The van der Waals surface area contributed by atoms with Gasteiger partial charge in [0.25, 0.3) is 21.8 Å². The van der Waals surface area contributed by atoms with E-state index in [4.69, 9.17) is 0 Å². The fourth-order valence-corrected chi connectivity index (χ4v) is 4.39. The Hall–Kier alpha value is -2.26. The molecule has 1 unspecified atom stereocenters. The number of likely N-dealkylation sites (tertiary alicyclic amines) is 1. The van der Waals surface area contributed by atoms with Crippen molar-refractivity contribution < 1.29 is 22.4 Å². The maximum absolute atomic E-state index is 12.9. The Bertz CT molecular complexity index is 879. The number of carbonyl (C=O) groups excluding carboxylic acids is 2. The van der Waals surface area contributed by atoms with Crippen LogP contribution in [0.5, 0.6) is 0 Å². The van der Waals surface area contributed by atoms with Gasteiger partial charge in [0.15, 0.2) is 0 Å². The molecule has 0 saturated carbocycles. The molecule has 1 aliphatic heterocycles. The molecule has 0 radical (unpaired) electrons. The topological polar surface area (TPSA) is 83.6 Å². The van der Waals surface area contributed by atoms with Crippen LogP contribution in [0, 0.1) is 5.82 Å². The van der Waals surface area contributed by atoms with Crippen LogP contribution >= 0.6 is 11.3 Å². The number of hydrogen-bond acceptors (Lipinski definition) is 5. The molecule has 0 bridgehead atoms. The molecule has 9 heteroatoms. The van der Waals surface area contributed by atoms with E-state index >= 15 is 0 Å². The number of benzene rings is 1. The van der Waals surface area contributed by atoms with Crippen molar-refractivity contribution >= 4 is 33.2 Å². The highest BCUT2D eigenvalue weighted by molar-refractivity contribution is 7.90. The molecule has 2 aromatic rings. The largest absolute Gasteiger partial charge is 0.326 e. The van der Waals surface area contributed by atoms with E-state index in [1.807, 2.05) is 4.72 Å². The quantitative estimate of drug-likeness (QED) is 0.877. The van der Waals surface area contributed by atoms with Crippen LogP contribution in [0.1, 0.15) is 22.5 Å². The fraction of sp³-hybridized carbons (Fsp3) is 0.250. The minimum absolute atomic E-state index is 0.212. The number of halogens is 1. The molecule has 6 nitrogen and oxygen atoms in total. The zero-order valence-electron chi connectivity index (χ0n) is 13.0. The molecule has 2 heterocycles. The van der Waals surface area contributed by atoms with Crippen molar-refractivity contribution in [2.75, 3.05) is 6.54 Å². The van der Waals surface area contributed by atoms with Crippen LogP contribution in [0.2, 0.25) is 0 Å². The summed E-state index contributed by atoms with van der Waals surface area (Å²) in [6, 6.07) is 6.72. The Kier molecular flexibility index (Phi) is 4.87. The van der Waals surface area contributed by atoms with Gasteiger partial charge in [-0.3, -0.25) is 9.59 Å². The summed E-state index contributed by atoms with van der Waals surface area (Å²) < 4.78 is 39.4. The van der Waals surface area contributed by atoms with E-state index in [0.29, 0.717) is 24.3 Å². The van der Waals surface area contributed by atoms with Crippen LogP contribution in [-0.2, 0) is 14.8 Å². The molecule has 25 heavy (non-hydrogen) atoms. The molecular weight excluding hydrogens is 367 g/mol. The molecule has 0 aliphatic carbocycles. The number of thiophene rings is 1. The van der Waals surface area contributed by atoms with Crippen LogP contribution in [0.3, 0.4) is 0 Å².